The average Bonchev–Trinajstić information content (AvgIpc) is 2.40. The molecule has 1 heterocycles. The molecule has 3 rings (SSSR count). The van der Waals surface area contributed by atoms with Gasteiger partial charge in [-0.15, -0.1) is 0 Å². The third kappa shape index (κ3) is 1.76. The van der Waals surface area contributed by atoms with Crippen LogP contribution in [0.3, 0.4) is 0 Å². The van der Waals surface area contributed by atoms with Crippen LogP contribution in [-0.2, 0) is 0 Å². The lowest BCUT2D eigenvalue weighted by Crippen LogP contribution is -2.01. The van der Waals surface area contributed by atoms with Crippen molar-refractivity contribution in [3.63, 3.8) is 0 Å². The Hall–Kier alpha value is -2.55. The second-order valence-corrected chi connectivity index (χ2v) is 4.11. The molecule has 0 atom stereocenters. The van der Waals surface area contributed by atoms with Crippen LogP contribution < -0.4 is 11.4 Å². The fraction of sp³-hybridized carbons (Fsp3) is 0. The first kappa shape index (κ1) is 10.6. The predicted octanol–water partition coefficient (Wildman–Crippen LogP) is 3.04. The quantitative estimate of drug-likeness (QED) is 0.662. The molecule has 2 N–H and O–H groups in total. The molecule has 1 aromatic heterocycles. The summed E-state index contributed by atoms with van der Waals surface area (Å²) in [5, 5.41) is 1.34. The van der Waals surface area contributed by atoms with Gasteiger partial charge in [0.05, 0.1) is 5.39 Å². The van der Waals surface area contributed by atoms with Gasteiger partial charge in [0.2, 0.25) is 0 Å². The summed E-state index contributed by atoms with van der Waals surface area (Å²) >= 11 is 0. The maximum atomic E-state index is 11.9. The Balaban J connectivity index is 2.29. The van der Waals surface area contributed by atoms with Crippen molar-refractivity contribution in [2.24, 2.45) is 0 Å². The number of rotatable bonds is 1. The van der Waals surface area contributed by atoms with Gasteiger partial charge in [-0.1, -0.05) is 36.4 Å². The van der Waals surface area contributed by atoms with Crippen molar-refractivity contribution in [2.45, 2.75) is 0 Å². The van der Waals surface area contributed by atoms with E-state index in [0.717, 1.165) is 10.9 Å². The van der Waals surface area contributed by atoms with Crippen molar-refractivity contribution in [1.82, 2.24) is 0 Å². The van der Waals surface area contributed by atoms with Gasteiger partial charge >= 0.3 is 5.63 Å². The van der Waals surface area contributed by atoms with Crippen molar-refractivity contribution in [3.05, 3.63) is 65.0 Å². The van der Waals surface area contributed by atoms with Gasteiger partial charge < -0.3 is 10.2 Å². The molecule has 0 unspecified atom stereocenters. The minimum atomic E-state index is -0.362. The standard InChI is InChI=1S/C15H11NO2/c16-12-7-6-11-8-14(10-4-2-1-3-5-10)18-15(17)13(11)9-12/h1-9H,16H2. The zero-order valence-electron chi connectivity index (χ0n) is 9.59. The number of anilines is 1. The van der Waals surface area contributed by atoms with E-state index in [1.165, 1.54) is 0 Å². The van der Waals surface area contributed by atoms with E-state index >= 15 is 0 Å². The van der Waals surface area contributed by atoms with Crippen LogP contribution in [0.15, 0.2) is 63.8 Å². The van der Waals surface area contributed by atoms with Crippen molar-refractivity contribution in [2.75, 3.05) is 5.73 Å². The van der Waals surface area contributed by atoms with E-state index in [9.17, 15) is 4.79 Å². The number of hydrogen-bond acceptors (Lipinski definition) is 3. The molecule has 3 heteroatoms. The van der Waals surface area contributed by atoms with Gasteiger partial charge in [0.1, 0.15) is 5.76 Å². The van der Waals surface area contributed by atoms with E-state index < -0.39 is 0 Å². The van der Waals surface area contributed by atoms with E-state index in [-0.39, 0.29) is 5.63 Å². The van der Waals surface area contributed by atoms with Crippen LogP contribution in [-0.4, -0.2) is 0 Å². The SMILES string of the molecule is Nc1ccc2cc(-c3ccccc3)oc(=O)c2c1. The highest BCUT2D eigenvalue weighted by Crippen LogP contribution is 2.22. The van der Waals surface area contributed by atoms with E-state index in [1.807, 2.05) is 42.5 Å². The van der Waals surface area contributed by atoms with E-state index in [4.69, 9.17) is 10.2 Å². The van der Waals surface area contributed by atoms with Crippen molar-refractivity contribution >= 4 is 16.5 Å². The third-order valence-electron chi connectivity index (χ3n) is 2.84. The second kappa shape index (κ2) is 4.04. The Morgan fingerprint density at radius 3 is 2.50 bits per heavy atom. The summed E-state index contributed by atoms with van der Waals surface area (Å²) in [5.41, 5.74) is 6.74. The highest BCUT2D eigenvalue weighted by Gasteiger charge is 2.06. The lowest BCUT2D eigenvalue weighted by atomic mass is 10.1. The molecule has 0 saturated carbocycles. The van der Waals surface area contributed by atoms with Gasteiger partial charge in [-0.3, -0.25) is 0 Å². The van der Waals surface area contributed by atoms with Gasteiger partial charge in [-0.05, 0) is 23.6 Å². The first-order valence-electron chi connectivity index (χ1n) is 5.63. The molecular formula is C15H11NO2. The molecule has 3 aromatic rings. The summed E-state index contributed by atoms with van der Waals surface area (Å²) in [6.45, 7) is 0. The number of nitrogen functional groups attached to an aromatic ring is 1. The van der Waals surface area contributed by atoms with Gasteiger partial charge in [0.25, 0.3) is 0 Å². The summed E-state index contributed by atoms with van der Waals surface area (Å²) in [4.78, 5) is 11.9. The molecule has 0 spiro atoms. The highest BCUT2D eigenvalue weighted by atomic mass is 16.4. The molecule has 0 saturated heterocycles. The molecule has 0 aliphatic rings. The number of benzene rings is 2. The van der Waals surface area contributed by atoms with Gasteiger partial charge in [-0.25, -0.2) is 4.79 Å². The Labute approximate surface area is 103 Å². The molecule has 18 heavy (non-hydrogen) atoms. The van der Waals surface area contributed by atoms with Gasteiger partial charge in [-0.2, -0.15) is 0 Å². The number of hydrogen-bond donors (Lipinski definition) is 1. The molecule has 2 aromatic carbocycles. The first-order valence-corrected chi connectivity index (χ1v) is 5.63. The topological polar surface area (TPSA) is 56.2 Å². The zero-order chi connectivity index (χ0) is 12.5. The van der Waals surface area contributed by atoms with E-state index in [1.54, 1.807) is 12.1 Å². The van der Waals surface area contributed by atoms with Crippen molar-refractivity contribution in [1.29, 1.82) is 0 Å². The largest absolute Gasteiger partial charge is 0.422 e. The number of nitrogens with two attached hydrogens (primary N) is 1. The second-order valence-electron chi connectivity index (χ2n) is 4.11. The molecule has 0 aliphatic carbocycles. The Morgan fingerprint density at radius 2 is 1.72 bits per heavy atom. The van der Waals surface area contributed by atoms with Crippen LogP contribution in [0.4, 0.5) is 5.69 Å². The molecule has 0 amide bonds. The molecule has 0 fully saturated rings. The molecular weight excluding hydrogens is 226 g/mol. The van der Waals surface area contributed by atoms with Gasteiger partial charge in [0.15, 0.2) is 0 Å². The van der Waals surface area contributed by atoms with Crippen LogP contribution in [0.25, 0.3) is 22.1 Å². The maximum Gasteiger partial charge on any atom is 0.344 e. The first-order chi connectivity index (χ1) is 8.74. The number of fused-ring (bicyclic) bond motifs is 1. The molecule has 3 nitrogen and oxygen atoms in total. The molecule has 0 aliphatic heterocycles. The smallest absolute Gasteiger partial charge is 0.344 e. The van der Waals surface area contributed by atoms with Crippen molar-refractivity contribution in [3.8, 4) is 11.3 Å². The van der Waals surface area contributed by atoms with Crippen LogP contribution in [0.1, 0.15) is 0 Å². The Bertz CT molecular complexity index is 760. The lowest BCUT2D eigenvalue weighted by molar-refractivity contribution is 0.535. The summed E-state index contributed by atoms with van der Waals surface area (Å²) < 4.78 is 5.32. The molecule has 0 bridgehead atoms. The summed E-state index contributed by atoms with van der Waals surface area (Å²) in [5.74, 6) is 0.567. The normalized spacial score (nSPS) is 10.7. The van der Waals surface area contributed by atoms with Crippen LogP contribution in [0.2, 0.25) is 0 Å². The summed E-state index contributed by atoms with van der Waals surface area (Å²) in [6.07, 6.45) is 0. The summed E-state index contributed by atoms with van der Waals surface area (Å²) in [7, 11) is 0. The van der Waals surface area contributed by atoms with E-state index in [2.05, 4.69) is 0 Å². The van der Waals surface area contributed by atoms with Crippen LogP contribution in [0.5, 0.6) is 0 Å². The highest BCUT2D eigenvalue weighted by molar-refractivity contribution is 5.86. The van der Waals surface area contributed by atoms with Crippen LogP contribution >= 0.6 is 0 Å². The maximum absolute atomic E-state index is 11.9. The minimum absolute atomic E-state index is 0.362. The summed E-state index contributed by atoms with van der Waals surface area (Å²) in [6, 6.07) is 16.6. The average molecular weight is 237 g/mol. The third-order valence-corrected chi connectivity index (χ3v) is 2.84. The minimum Gasteiger partial charge on any atom is -0.422 e. The van der Waals surface area contributed by atoms with E-state index in [0.29, 0.717) is 16.8 Å². The monoisotopic (exact) mass is 237 g/mol. The fourth-order valence-electron chi connectivity index (χ4n) is 1.95. The Morgan fingerprint density at radius 1 is 0.944 bits per heavy atom. The predicted molar refractivity (Wildman–Crippen MR) is 72.3 cm³/mol. The zero-order valence-corrected chi connectivity index (χ0v) is 9.59. The molecule has 88 valence electrons. The fourth-order valence-corrected chi connectivity index (χ4v) is 1.95. The lowest BCUT2D eigenvalue weighted by Gasteiger charge is -2.03. The van der Waals surface area contributed by atoms with Crippen molar-refractivity contribution < 1.29 is 4.42 Å². The Kier molecular flexibility index (Phi) is 2.38. The van der Waals surface area contributed by atoms with Crippen LogP contribution in [0, 0.1) is 0 Å². The van der Waals surface area contributed by atoms with Gasteiger partial charge in [0, 0.05) is 11.3 Å². The molecule has 0 radical (unpaired) electrons.